The Morgan fingerprint density at radius 3 is 1.88 bits per heavy atom. The van der Waals surface area contributed by atoms with Crippen molar-refractivity contribution in [3.05, 3.63) is 35.9 Å². The Labute approximate surface area is 208 Å². The summed E-state index contributed by atoms with van der Waals surface area (Å²) in [4.78, 5) is 12.2. The molecular formula is C29H50N2OS. The summed E-state index contributed by atoms with van der Waals surface area (Å²) >= 11 is 1.91. The summed E-state index contributed by atoms with van der Waals surface area (Å²) in [5.41, 5.74) is 1.30. The van der Waals surface area contributed by atoms with Crippen LogP contribution in [-0.4, -0.2) is 24.2 Å². The highest BCUT2D eigenvalue weighted by Crippen LogP contribution is 2.33. The van der Waals surface area contributed by atoms with Gasteiger partial charge in [0.1, 0.15) is 0 Å². The fraction of sp³-hybridized carbons (Fsp3) is 0.759. The van der Waals surface area contributed by atoms with Crippen LogP contribution in [0.3, 0.4) is 0 Å². The van der Waals surface area contributed by atoms with Crippen molar-refractivity contribution in [2.75, 3.05) is 12.3 Å². The predicted molar refractivity (Wildman–Crippen MR) is 146 cm³/mol. The lowest BCUT2D eigenvalue weighted by Crippen LogP contribution is -2.34. The van der Waals surface area contributed by atoms with Gasteiger partial charge in [0.25, 0.3) is 0 Å². The zero-order chi connectivity index (χ0) is 23.4. The third-order valence-corrected chi connectivity index (χ3v) is 8.07. The number of benzene rings is 1. The number of unbranched alkanes of at least 4 members (excludes halogenated alkanes) is 15. The molecule has 4 heteroatoms. The second kappa shape index (κ2) is 19.3. The molecule has 1 heterocycles. The summed E-state index contributed by atoms with van der Waals surface area (Å²) in [5, 5.41) is 7.05. The maximum absolute atomic E-state index is 12.2. The molecular weight excluding hydrogens is 424 g/mol. The van der Waals surface area contributed by atoms with Crippen LogP contribution in [0.5, 0.6) is 0 Å². The molecule has 1 aliphatic rings. The Hall–Kier alpha value is -1.00. The molecule has 2 atom stereocenters. The lowest BCUT2D eigenvalue weighted by atomic mass is 10.0. The van der Waals surface area contributed by atoms with E-state index < -0.39 is 0 Å². The first-order valence-corrected chi connectivity index (χ1v) is 15.0. The second-order valence-corrected chi connectivity index (χ2v) is 11.0. The number of nitrogens with one attached hydrogen (secondary N) is 2. The van der Waals surface area contributed by atoms with E-state index in [1.807, 2.05) is 17.8 Å². The first-order chi connectivity index (χ1) is 16.3. The topological polar surface area (TPSA) is 41.1 Å². The second-order valence-electron chi connectivity index (χ2n) is 9.85. The van der Waals surface area contributed by atoms with Crippen LogP contribution in [-0.2, 0) is 4.79 Å². The van der Waals surface area contributed by atoms with E-state index in [0.717, 1.165) is 18.7 Å². The minimum atomic E-state index is 0.197. The molecule has 0 aliphatic carbocycles. The molecule has 0 saturated carbocycles. The average Bonchev–Trinajstić information content (AvgIpc) is 3.30. The van der Waals surface area contributed by atoms with Crippen molar-refractivity contribution in [2.45, 2.75) is 127 Å². The maximum Gasteiger partial charge on any atom is 0.221 e. The molecule has 2 rings (SSSR count). The van der Waals surface area contributed by atoms with Gasteiger partial charge in [-0.25, -0.2) is 0 Å². The van der Waals surface area contributed by atoms with Gasteiger partial charge in [-0.1, -0.05) is 134 Å². The molecule has 1 saturated heterocycles. The van der Waals surface area contributed by atoms with Gasteiger partial charge in [0, 0.05) is 24.8 Å². The number of carbonyl (C=O) groups excluding carboxylic acids is 1. The van der Waals surface area contributed by atoms with E-state index >= 15 is 0 Å². The number of carbonyl (C=O) groups is 1. The fourth-order valence-electron chi connectivity index (χ4n) is 4.66. The van der Waals surface area contributed by atoms with Crippen molar-refractivity contribution in [3.63, 3.8) is 0 Å². The molecule has 1 amide bonds. The van der Waals surface area contributed by atoms with Gasteiger partial charge >= 0.3 is 0 Å². The minimum Gasteiger partial charge on any atom is -0.356 e. The van der Waals surface area contributed by atoms with E-state index in [9.17, 15) is 4.79 Å². The van der Waals surface area contributed by atoms with E-state index in [2.05, 4.69) is 41.8 Å². The van der Waals surface area contributed by atoms with E-state index in [1.54, 1.807) is 0 Å². The van der Waals surface area contributed by atoms with Crippen LogP contribution >= 0.6 is 11.8 Å². The molecule has 1 aromatic rings. The lowest BCUT2D eigenvalue weighted by molar-refractivity contribution is -0.121. The van der Waals surface area contributed by atoms with Crippen LogP contribution in [0.2, 0.25) is 0 Å². The van der Waals surface area contributed by atoms with Crippen LogP contribution in [0.25, 0.3) is 0 Å². The molecule has 0 spiro atoms. The van der Waals surface area contributed by atoms with Crippen molar-refractivity contribution in [3.8, 4) is 0 Å². The Balaban J connectivity index is 1.31. The van der Waals surface area contributed by atoms with E-state index in [0.29, 0.717) is 11.8 Å². The van der Waals surface area contributed by atoms with Gasteiger partial charge in [-0.05, 0) is 12.0 Å². The lowest BCUT2D eigenvalue weighted by Gasteiger charge is -2.13. The van der Waals surface area contributed by atoms with Gasteiger partial charge in [0.05, 0.1) is 5.37 Å². The van der Waals surface area contributed by atoms with Crippen molar-refractivity contribution >= 4 is 17.7 Å². The van der Waals surface area contributed by atoms with Crippen LogP contribution < -0.4 is 10.6 Å². The monoisotopic (exact) mass is 474 g/mol. The quantitative estimate of drug-likeness (QED) is 0.187. The molecule has 33 heavy (non-hydrogen) atoms. The van der Waals surface area contributed by atoms with Gasteiger partial charge in [0.2, 0.25) is 5.91 Å². The predicted octanol–water partition coefficient (Wildman–Crippen LogP) is 8.16. The Kier molecular flexibility index (Phi) is 16.5. The summed E-state index contributed by atoms with van der Waals surface area (Å²) < 4.78 is 0. The zero-order valence-electron chi connectivity index (χ0n) is 21.3. The first kappa shape index (κ1) is 28.2. The number of thioether (sulfide) groups is 1. The minimum absolute atomic E-state index is 0.197. The normalized spacial score (nSPS) is 18.0. The summed E-state index contributed by atoms with van der Waals surface area (Å²) in [6.45, 7) is 3.12. The number of rotatable bonds is 20. The van der Waals surface area contributed by atoms with Crippen LogP contribution in [0, 0.1) is 0 Å². The van der Waals surface area contributed by atoms with Crippen LogP contribution in [0.1, 0.15) is 127 Å². The van der Waals surface area contributed by atoms with Gasteiger partial charge in [-0.2, -0.15) is 0 Å². The van der Waals surface area contributed by atoms with Crippen LogP contribution in [0.15, 0.2) is 30.3 Å². The smallest absolute Gasteiger partial charge is 0.221 e. The molecule has 2 N–H and O–H groups in total. The van der Waals surface area contributed by atoms with Crippen molar-refractivity contribution in [1.29, 1.82) is 0 Å². The van der Waals surface area contributed by atoms with E-state index in [1.165, 1.54) is 102 Å². The van der Waals surface area contributed by atoms with E-state index in [4.69, 9.17) is 0 Å². The molecule has 188 valence electrons. The molecule has 0 radical (unpaired) electrons. The maximum atomic E-state index is 12.2. The summed E-state index contributed by atoms with van der Waals surface area (Å²) in [6.07, 6.45) is 22.7. The molecule has 1 fully saturated rings. The number of amides is 1. The zero-order valence-corrected chi connectivity index (χ0v) is 22.1. The molecule has 1 unspecified atom stereocenters. The van der Waals surface area contributed by atoms with Crippen molar-refractivity contribution in [2.24, 2.45) is 0 Å². The van der Waals surface area contributed by atoms with Crippen molar-refractivity contribution in [1.82, 2.24) is 10.6 Å². The number of hydrogen-bond acceptors (Lipinski definition) is 3. The Morgan fingerprint density at radius 1 is 0.818 bits per heavy atom. The molecule has 3 nitrogen and oxygen atoms in total. The van der Waals surface area contributed by atoms with Gasteiger partial charge < -0.3 is 5.32 Å². The molecule has 1 aromatic carbocycles. The van der Waals surface area contributed by atoms with Gasteiger partial charge in [0.15, 0.2) is 0 Å². The van der Waals surface area contributed by atoms with Gasteiger partial charge in [-0.3, -0.25) is 10.1 Å². The SMILES string of the molecule is CCCCCCCCCCCCCCCCCCNC(=O)C[C@H]1CSC(c2ccccc2)N1. The van der Waals surface area contributed by atoms with Gasteiger partial charge in [-0.15, -0.1) is 11.8 Å². The Bertz CT molecular complexity index is 595. The van der Waals surface area contributed by atoms with Crippen molar-refractivity contribution < 1.29 is 4.79 Å². The van der Waals surface area contributed by atoms with Crippen LogP contribution in [0.4, 0.5) is 0 Å². The summed E-state index contributed by atoms with van der Waals surface area (Å²) in [6, 6.07) is 10.8. The highest BCUT2D eigenvalue weighted by atomic mass is 32.2. The first-order valence-electron chi connectivity index (χ1n) is 14.0. The highest BCUT2D eigenvalue weighted by molar-refractivity contribution is 7.99. The standard InChI is InChI=1S/C29H50N2OS/c1-2-3-4-5-6-7-8-9-10-11-12-13-14-15-16-20-23-30-28(32)24-27-25-33-29(31-27)26-21-18-17-19-22-26/h17-19,21-22,27,29,31H,2-16,20,23-25H2,1H3,(H,30,32)/t27-,29?/m0/s1. The summed E-state index contributed by atoms with van der Waals surface area (Å²) in [5.74, 6) is 1.20. The fourth-order valence-corrected chi connectivity index (χ4v) is 5.93. The largest absolute Gasteiger partial charge is 0.356 e. The molecule has 0 bridgehead atoms. The third-order valence-electron chi connectivity index (χ3n) is 6.74. The summed E-state index contributed by atoms with van der Waals surface area (Å²) in [7, 11) is 0. The molecule has 0 aromatic heterocycles. The average molecular weight is 475 g/mol. The third kappa shape index (κ3) is 14.1. The number of hydrogen-bond donors (Lipinski definition) is 2. The Morgan fingerprint density at radius 2 is 1.33 bits per heavy atom. The van der Waals surface area contributed by atoms with E-state index in [-0.39, 0.29) is 11.9 Å². The highest BCUT2D eigenvalue weighted by Gasteiger charge is 2.26. The molecule has 1 aliphatic heterocycles.